The highest BCUT2D eigenvalue weighted by Crippen LogP contribution is 2.27. The van der Waals surface area contributed by atoms with Gasteiger partial charge in [-0.25, -0.2) is 9.37 Å². The molecule has 0 radical (unpaired) electrons. The zero-order valence-corrected chi connectivity index (χ0v) is 14.2. The Morgan fingerprint density at radius 2 is 1.96 bits per heavy atom. The molecule has 0 amide bonds. The van der Waals surface area contributed by atoms with Crippen molar-refractivity contribution in [2.24, 2.45) is 0 Å². The van der Waals surface area contributed by atoms with E-state index in [9.17, 15) is 9.50 Å². The summed E-state index contributed by atoms with van der Waals surface area (Å²) >= 11 is 1.48. The zero-order chi connectivity index (χ0) is 16.9. The average molecular weight is 346 g/mol. The number of halogens is 1. The number of methoxy groups -OCH3 is 1. The Balaban J connectivity index is 1.77. The normalized spacial score (nSPS) is 12.6. The van der Waals surface area contributed by atoms with Gasteiger partial charge in [0, 0.05) is 19.4 Å². The summed E-state index contributed by atoms with van der Waals surface area (Å²) in [6.45, 7) is 1.29. The van der Waals surface area contributed by atoms with Crippen LogP contribution in [0, 0.1) is 5.82 Å². The van der Waals surface area contributed by atoms with Crippen molar-refractivity contribution < 1.29 is 14.2 Å². The van der Waals surface area contributed by atoms with E-state index in [4.69, 9.17) is 4.74 Å². The summed E-state index contributed by atoms with van der Waals surface area (Å²) in [5.41, 5.74) is 2.67. The second kappa shape index (κ2) is 7.79. The van der Waals surface area contributed by atoms with Crippen LogP contribution < -0.4 is 0 Å². The number of fused-ring (bicyclic) bond motifs is 1. The van der Waals surface area contributed by atoms with Crippen LogP contribution in [0.1, 0.15) is 11.7 Å². The van der Waals surface area contributed by atoms with Crippen LogP contribution in [0.15, 0.2) is 53.7 Å². The van der Waals surface area contributed by atoms with Gasteiger partial charge in [0.15, 0.2) is 5.16 Å². The van der Waals surface area contributed by atoms with Gasteiger partial charge in [-0.15, -0.1) is 0 Å². The van der Waals surface area contributed by atoms with Crippen LogP contribution in [-0.4, -0.2) is 34.1 Å². The lowest BCUT2D eigenvalue weighted by Crippen LogP contribution is -2.07. The van der Waals surface area contributed by atoms with Crippen molar-refractivity contribution in [1.82, 2.24) is 9.55 Å². The van der Waals surface area contributed by atoms with Crippen molar-refractivity contribution in [3.8, 4) is 0 Å². The summed E-state index contributed by atoms with van der Waals surface area (Å²) in [6.07, 6.45) is -0.675. The summed E-state index contributed by atoms with van der Waals surface area (Å²) < 4.78 is 20.3. The number of aliphatic hydroxyl groups is 1. The third-order valence-electron chi connectivity index (χ3n) is 3.76. The van der Waals surface area contributed by atoms with E-state index in [1.54, 1.807) is 19.2 Å². The Kier molecular flexibility index (Phi) is 5.50. The molecular formula is C18H19FN2O2S. The van der Waals surface area contributed by atoms with Gasteiger partial charge in [-0.3, -0.25) is 0 Å². The number of hydrogen-bond acceptors (Lipinski definition) is 4. The molecule has 1 atom stereocenters. The lowest BCUT2D eigenvalue weighted by Gasteiger charge is -2.12. The molecule has 24 heavy (non-hydrogen) atoms. The average Bonchev–Trinajstić information content (AvgIpc) is 2.96. The monoisotopic (exact) mass is 346 g/mol. The van der Waals surface area contributed by atoms with Crippen LogP contribution in [0.4, 0.5) is 4.39 Å². The number of thioether (sulfide) groups is 1. The van der Waals surface area contributed by atoms with Gasteiger partial charge in [-0.1, -0.05) is 36.0 Å². The maximum Gasteiger partial charge on any atom is 0.169 e. The maximum absolute atomic E-state index is 13.0. The van der Waals surface area contributed by atoms with E-state index in [0.29, 0.717) is 24.5 Å². The predicted molar refractivity (Wildman–Crippen MR) is 93.7 cm³/mol. The van der Waals surface area contributed by atoms with E-state index in [1.807, 2.05) is 24.3 Å². The molecule has 2 aromatic carbocycles. The van der Waals surface area contributed by atoms with Gasteiger partial charge in [-0.05, 0) is 29.8 Å². The molecule has 1 N–H and O–H groups in total. The van der Waals surface area contributed by atoms with Gasteiger partial charge >= 0.3 is 0 Å². The van der Waals surface area contributed by atoms with Crippen molar-refractivity contribution in [3.05, 3.63) is 59.9 Å². The second-order valence-corrected chi connectivity index (χ2v) is 6.39. The topological polar surface area (TPSA) is 47.3 Å². The number of nitrogens with zero attached hydrogens (tertiary/aromatic N) is 2. The number of benzene rings is 2. The minimum absolute atomic E-state index is 0.306. The highest BCUT2D eigenvalue weighted by atomic mass is 32.2. The van der Waals surface area contributed by atoms with Crippen molar-refractivity contribution in [1.29, 1.82) is 0 Å². The molecule has 0 bridgehead atoms. The molecule has 0 aliphatic carbocycles. The first-order valence-corrected chi connectivity index (χ1v) is 8.68. The molecule has 1 heterocycles. The van der Waals surface area contributed by atoms with Crippen LogP contribution in [0.2, 0.25) is 0 Å². The fourth-order valence-corrected chi connectivity index (χ4v) is 3.50. The van der Waals surface area contributed by atoms with Gasteiger partial charge < -0.3 is 14.4 Å². The maximum atomic E-state index is 13.0. The fourth-order valence-electron chi connectivity index (χ4n) is 2.50. The third kappa shape index (κ3) is 3.77. The van der Waals surface area contributed by atoms with E-state index in [2.05, 4.69) is 9.55 Å². The summed E-state index contributed by atoms with van der Waals surface area (Å²) in [7, 11) is 1.67. The molecule has 3 rings (SSSR count). The van der Waals surface area contributed by atoms with Crippen LogP contribution >= 0.6 is 11.8 Å². The zero-order valence-electron chi connectivity index (χ0n) is 13.4. The molecule has 1 aromatic heterocycles. The summed E-state index contributed by atoms with van der Waals surface area (Å²) in [4.78, 5) is 4.64. The second-order valence-electron chi connectivity index (χ2n) is 5.41. The van der Waals surface area contributed by atoms with Crippen molar-refractivity contribution >= 4 is 22.8 Å². The number of rotatable bonds is 7. The molecule has 126 valence electrons. The Hall–Kier alpha value is -1.89. The lowest BCUT2D eigenvalue weighted by atomic mass is 10.1. The van der Waals surface area contributed by atoms with Crippen LogP contribution in [0.5, 0.6) is 0 Å². The van der Waals surface area contributed by atoms with Crippen LogP contribution in [-0.2, 0) is 11.3 Å². The molecule has 3 aromatic rings. The summed E-state index contributed by atoms with van der Waals surface area (Å²) in [5, 5.41) is 11.2. The summed E-state index contributed by atoms with van der Waals surface area (Å²) in [6, 6.07) is 13.9. The first-order valence-electron chi connectivity index (χ1n) is 7.69. The molecule has 4 nitrogen and oxygen atoms in total. The van der Waals surface area contributed by atoms with Crippen LogP contribution in [0.3, 0.4) is 0 Å². The van der Waals surface area contributed by atoms with Gasteiger partial charge in [0.1, 0.15) is 5.82 Å². The number of ether oxygens (including phenoxy) is 1. The largest absolute Gasteiger partial charge is 0.388 e. The number of aliphatic hydroxyl groups excluding tert-OH is 1. The van der Waals surface area contributed by atoms with Gasteiger partial charge in [0.2, 0.25) is 0 Å². The first kappa shape index (κ1) is 17.0. The minimum Gasteiger partial charge on any atom is -0.388 e. The highest BCUT2D eigenvalue weighted by molar-refractivity contribution is 7.99. The number of hydrogen-bond donors (Lipinski definition) is 1. The molecular weight excluding hydrogens is 327 g/mol. The number of imidazole rings is 1. The third-order valence-corrected chi connectivity index (χ3v) is 4.82. The SMILES string of the molecule is COCCn1c(SCC(O)c2ccc(F)cc2)nc2ccccc21. The van der Waals surface area contributed by atoms with E-state index in [-0.39, 0.29) is 5.82 Å². The highest BCUT2D eigenvalue weighted by Gasteiger charge is 2.14. The molecule has 6 heteroatoms. The molecule has 0 aliphatic heterocycles. The predicted octanol–water partition coefficient (Wildman–Crippen LogP) is 3.65. The molecule has 1 unspecified atom stereocenters. The fraction of sp³-hybridized carbons (Fsp3) is 0.278. The van der Waals surface area contributed by atoms with E-state index in [1.165, 1.54) is 23.9 Å². The van der Waals surface area contributed by atoms with Gasteiger partial charge in [0.25, 0.3) is 0 Å². The van der Waals surface area contributed by atoms with Crippen molar-refractivity contribution in [3.63, 3.8) is 0 Å². The minimum atomic E-state index is -0.675. The van der Waals surface area contributed by atoms with Crippen molar-refractivity contribution in [2.75, 3.05) is 19.5 Å². The van der Waals surface area contributed by atoms with Crippen molar-refractivity contribution in [2.45, 2.75) is 17.8 Å². The Morgan fingerprint density at radius 1 is 1.21 bits per heavy atom. The molecule has 0 saturated heterocycles. The Bertz CT molecular complexity index is 804. The number of aromatic nitrogens is 2. The van der Waals surface area contributed by atoms with E-state index < -0.39 is 6.10 Å². The van der Waals surface area contributed by atoms with Gasteiger partial charge in [-0.2, -0.15) is 0 Å². The Labute approximate surface area is 144 Å². The van der Waals surface area contributed by atoms with Crippen LogP contribution in [0.25, 0.3) is 11.0 Å². The molecule has 0 aliphatic rings. The van der Waals surface area contributed by atoms with E-state index in [0.717, 1.165) is 16.2 Å². The molecule has 0 fully saturated rings. The Morgan fingerprint density at radius 3 is 2.71 bits per heavy atom. The number of para-hydroxylation sites is 2. The smallest absolute Gasteiger partial charge is 0.169 e. The lowest BCUT2D eigenvalue weighted by molar-refractivity contribution is 0.186. The van der Waals surface area contributed by atoms with Gasteiger partial charge in [0.05, 0.1) is 23.7 Å². The molecule has 0 spiro atoms. The standard InChI is InChI=1S/C18H19FN2O2S/c1-23-11-10-21-16-5-3-2-4-15(16)20-18(21)24-12-17(22)13-6-8-14(19)9-7-13/h2-9,17,22H,10-12H2,1H3. The summed E-state index contributed by atoms with van der Waals surface area (Å²) in [5.74, 6) is 0.141. The molecule has 0 saturated carbocycles. The quantitative estimate of drug-likeness (QED) is 0.664. The van der Waals surface area contributed by atoms with E-state index >= 15 is 0 Å². The first-order chi connectivity index (χ1) is 11.7.